The highest BCUT2D eigenvalue weighted by Crippen LogP contribution is 2.24. The van der Waals surface area contributed by atoms with E-state index < -0.39 is 6.04 Å². The van der Waals surface area contributed by atoms with Crippen molar-refractivity contribution in [2.75, 3.05) is 20.3 Å². The number of aromatic nitrogens is 2. The number of nitrogens with zero attached hydrogens (tertiary/aromatic N) is 3. The minimum Gasteiger partial charge on any atom is -0.385 e. The summed E-state index contributed by atoms with van der Waals surface area (Å²) in [5, 5.41) is 2.88. The van der Waals surface area contributed by atoms with E-state index >= 15 is 0 Å². The zero-order chi connectivity index (χ0) is 20.3. The first-order chi connectivity index (χ1) is 13.4. The second-order valence-corrected chi connectivity index (χ2v) is 7.88. The van der Waals surface area contributed by atoms with Crippen molar-refractivity contribution in [3.63, 3.8) is 0 Å². The number of hydrogen-bond acceptors (Lipinski definition) is 5. The Balaban J connectivity index is 2.04. The zero-order valence-corrected chi connectivity index (χ0v) is 17.6. The summed E-state index contributed by atoms with van der Waals surface area (Å²) in [5.74, 6) is 0.432. The highest BCUT2D eigenvalue weighted by molar-refractivity contribution is 7.12. The van der Waals surface area contributed by atoms with Gasteiger partial charge >= 0.3 is 0 Å². The van der Waals surface area contributed by atoms with Crippen LogP contribution in [-0.4, -0.2) is 40.6 Å². The van der Waals surface area contributed by atoms with E-state index in [1.54, 1.807) is 43.3 Å². The van der Waals surface area contributed by atoms with Gasteiger partial charge in [-0.25, -0.2) is 4.98 Å². The van der Waals surface area contributed by atoms with Crippen LogP contribution in [0.5, 0.6) is 0 Å². The lowest BCUT2D eigenvalue weighted by molar-refractivity contribution is 0.0661. The fourth-order valence-corrected chi connectivity index (χ4v) is 4.01. The molecule has 0 aliphatic carbocycles. The smallest absolute Gasteiger partial charge is 0.264 e. The van der Waals surface area contributed by atoms with Crippen molar-refractivity contribution >= 4 is 39.7 Å². The van der Waals surface area contributed by atoms with Gasteiger partial charge in [0.15, 0.2) is 0 Å². The summed E-state index contributed by atoms with van der Waals surface area (Å²) in [5.41, 5.74) is 0.363. The van der Waals surface area contributed by atoms with E-state index in [0.717, 1.165) is 0 Å². The van der Waals surface area contributed by atoms with Crippen molar-refractivity contribution in [3.05, 3.63) is 61.8 Å². The van der Waals surface area contributed by atoms with E-state index in [4.69, 9.17) is 16.3 Å². The van der Waals surface area contributed by atoms with Crippen molar-refractivity contribution in [3.8, 4) is 0 Å². The fourth-order valence-electron chi connectivity index (χ4n) is 3.17. The van der Waals surface area contributed by atoms with Gasteiger partial charge in [-0.15, -0.1) is 11.3 Å². The molecule has 0 radical (unpaired) electrons. The average Bonchev–Trinajstić information content (AvgIpc) is 3.22. The Morgan fingerprint density at radius 2 is 2.18 bits per heavy atom. The molecule has 0 saturated carbocycles. The first-order valence-corrected chi connectivity index (χ1v) is 10.2. The lowest BCUT2D eigenvalue weighted by Gasteiger charge is -2.29. The molecule has 0 N–H and O–H groups in total. The molecule has 0 spiro atoms. The molecule has 1 aromatic carbocycles. The fraction of sp³-hybridized carbons (Fsp3) is 0.350. The minimum atomic E-state index is -0.396. The van der Waals surface area contributed by atoms with Gasteiger partial charge in [0.2, 0.25) is 0 Å². The van der Waals surface area contributed by atoms with Gasteiger partial charge in [-0.05, 0) is 43.0 Å². The lowest BCUT2D eigenvalue weighted by atomic mass is 10.2. The Morgan fingerprint density at radius 3 is 2.86 bits per heavy atom. The van der Waals surface area contributed by atoms with E-state index in [2.05, 4.69) is 4.98 Å². The van der Waals surface area contributed by atoms with Crippen molar-refractivity contribution < 1.29 is 9.53 Å². The predicted octanol–water partition coefficient (Wildman–Crippen LogP) is 3.89. The first kappa shape index (κ1) is 20.5. The number of rotatable bonds is 7. The molecule has 2 aromatic heterocycles. The number of ether oxygens (including phenoxy) is 1. The number of methoxy groups -OCH3 is 1. The van der Waals surface area contributed by atoms with Gasteiger partial charge in [0, 0.05) is 32.3 Å². The van der Waals surface area contributed by atoms with E-state index in [1.165, 1.54) is 15.9 Å². The monoisotopic (exact) mass is 419 g/mol. The van der Waals surface area contributed by atoms with Crippen LogP contribution in [0.1, 0.15) is 34.9 Å². The molecule has 0 saturated heterocycles. The molecule has 0 aliphatic rings. The Hall–Kier alpha value is -2.22. The van der Waals surface area contributed by atoms with Crippen LogP contribution in [0.2, 0.25) is 5.02 Å². The molecular formula is C20H22ClN3O3S. The Labute approximate surface area is 172 Å². The number of hydrogen-bond donors (Lipinski definition) is 0. The van der Waals surface area contributed by atoms with Crippen molar-refractivity contribution in [1.82, 2.24) is 14.5 Å². The average molecular weight is 420 g/mol. The first-order valence-electron chi connectivity index (χ1n) is 8.93. The highest BCUT2D eigenvalue weighted by atomic mass is 35.5. The number of halogens is 1. The van der Waals surface area contributed by atoms with Gasteiger partial charge in [-0.2, -0.15) is 0 Å². The van der Waals surface area contributed by atoms with Gasteiger partial charge in [-0.3, -0.25) is 14.2 Å². The molecule has 148 valence electrons. The van der Waals surface area contributed by atoms with Gasteiger partial charge in [0.25, 0.3) is 11.5 Å². The molecular weight excluding hydrogens is 398 g/mol. The second-order valence-electron chi connectivity index (χ2n) is 6.49. The Bertz CT molecular complexity index is 1030. The van der Waals surface area contributed by atoms with Crippen LogP contribution >= 0.6 is 22.9 Å². The number of benzene rings is 1. The quantitative estimate of drug-likeness (QED) is 0.545. The van der Waals surface area contributed by atoms with Crippen LogP contribution in [0.3, 0.4) is 0 Å². The van der Waals surface area contributed by atoms with E-state index in [1.807, 2.05) is 18.4 Å². The third kappa shape index (κ3) is 4.11. The van der Waals surface area contributed by atoms with Gasteiger partial charge < -0.3 is 9.64 Å². The molecule has 28 heavy (non-hydrogen) atoms. The van der Waals surface area contributed by atoms with Crippen LogP contribution in [0.15, 0.2) is 40.5 Å². The van der Waals surface area contributed by atoms with Crippen LogP contribution in [0.4, 0.5) is 0 Å². The largest absolute Gasteiger partial charge is 0.385 e. The maximum absolute atomic E-state index is 13.1. The van der Waals surface area contributed by atoms with Gasteiger partial charge in [0.05, 0.1) is 21.8 Å². The number of fused-ring (bicyclic) bond motifs is 1. The Morgan fingerprint density at radius 1 is 1.39 bits per heavy atom. The standard InChI is InChI=1S/C20H22ClN3O3S/c1-13(24(9-5-10-27-3)20(26)17-6-4-11-28-17)18-22-16-12-14(21)7-8-15(16)19(25)23(18)2/h4,6-8,11-13H,5,9-10H2,1-3H3. The van der Waals surface area contributed by atoms with Crippen LogP contribution in [-0.2, 0) is 11.8 Å². The summed E-state index contributed by atoms with van der Waals surface area (Å²) in [4.78, 5) is 32.9. The summed E-state index contributed by atoms with van der Waals surface area (Å²) in [6.45, 7) is 2.92. The minimum absolute atomic E-state index is 0.0842. The summed E-state index contributed by atoms with van der Waals surface area (Å²) < 4.78 is 6.65. The van der Waals surface area contributed by atoms with Gasteiger partial charge in [0.1, 0.15) is 5.82 Å². The number of carbonyl (C=O) groups excluding carboxylic acids is 1. The normalized spacial score (nSPS) is 12.3. The molecule has 3 aromatic rings. The molecule has 0 fully saturated rings. The lowest BCUT2D eigenvalue weighted by Crippen LogP contribution is -2.38. The van der Waals surface area contributed by atoms with E-state index in [0.29, 0.717) is 46.2 Å². The predicted molar refractivity (Wildman–Crippen MR) is 112 cm³/mol. The van der Waals surface area contributed by atoms with Crippen LogP contribution in [0.25, 0.3) is 10.9 Å². The molecule has 2 heterocycles. The van der Waals surface area contributed by atoms with Crippen molar-refractivity contribution in [1.29, 1.82) is 0 Å². The molecule has 1 unspecified atom stereocenters. The third-order valence-corrected chi connectivity index (χ3v) is 5.75. The summed E-state index contributed by atoms with van der Waals surface area (Å²) in [6, 6.07) is 8.28. The maximum atomic E-state index is 13.1. The summed E-state index contributed by atoms with van der Waals surface area (Å²) >= 11 is 7.48. The van der Waals surface area contributed by atoms with Crippen molar-refractivity contribution in [2.45, 2.75) is 19.4 Å². The Kier molecular flexibility index (Phi) is 6.49. The molecule has 3 rings (SSSR count). The van der Waals surface area contributed by atoms with E-state index in [-0.39, 0.29) is 11.5 Å². The highest BCUT2D eigenvalue weighted by Gasteiger charge is 2.26. The van der Waals surface area contributed by atoms with E-state index in [9.17, 15) is 9.59 Å². The van der Waals surface area contributed by atoms with Crippen molar-refractivity contribution in [2.24, 2.45) is 7.05 Å². The number of thiophene rings is 1. The number of carbonyl (C=O) groups is 1. The molecule has 6 nitrogen and oxygen atoms in total. The maximum Gasteiger partial charge on any atom is 0.264 e. The molecule has 0 aliphatic heterocycles. The molecule has 0 bridgehead atoms. The van der Waals surface area contributed by atoms with Crippen LogP contribution in [0, 0.1) is 0 Å². The summed E-state index contributed by atoms with van der Waals surface area (Å²) in [6.07, 6.45) is 0.686. The molecule has 1 atom stereocenters. The summed E-state index contributed by atoms with van der Waals surface area (Å²) in [7, 11) is 3.31. The number of amides is 1. The topological polar surface area (TPSA) is 64.4 Å². The SMILES string of the molecule is COCCCN(C(=O)c1cccs1)C(C)c1nc2cc(Cl)ccc2c(=O)n1C. The molecule has 8 heteroatoms. The van der Waals surface area contributed by atoms with Gasteiger partial charge in [-0.1, -0.05) is 17.7 Å². The second kappa shape index (κ2) is 8.86. The zero-order valence-electron chi connectivity index (χ0n) is 16.0. The van der Waals surface area contributed by atoms with Crippen LogP contribution < -0.4 is 5.56 Å². The molecule has 1 amide bonds. The third-order valence-electron chi connectivity index (χ3n) is 4.65.